The lowest BCUT2D eigenvalue weighted by molar-refractivity contribution is -0.143. The van der Waals surface area contributed by atoms with Crippen LogP contribution in [-0.4, -0.2) is 41.7 Å². The topological polar surface area (TPSA) is 67.9 Å². The second-order valence-electron chi connectivity index (χ2n) is 9.57. The molecule has 1 saturated heterocycles. The third kappa shape index (κ3) is 7.61. The third-order valence-electron chi connectivity index (χ3n) is 5.36. The maximum Gasteiger partial charge on any atom is 0.416 e. The van der Waals surface area contributed by atoms with Crippen LogP contribution in [0.1, 0.15) is 49.1 Å². The zero-order valence-electron chi connectivity index (χ0n) is 20.2. The fraction of sp³-hybridized carbons (Fsp3) is 0.440. The number of nitrogens with one attached hydrogen (secondary N) is 1. The number of piperazine rings is 1. The molecular weight excluding hydrogens is 506 g/mol. The first-order valence-electron chi connectivity index (χ1n) is 11.2. The number of ether oxygens (including phenoxy) is 2. The Hall–Kier alpha value is -3.28. The van der Waals surface area contributed by atoms with Crippen LogP contribution < -0.4 is 5.32 Å². The quantitative estimate of drug-likeness (QED) is 0.501. The minimum absolute atomic E-state index is 0.0367. The maximum absolute atomic E-state index is 13.2. The van der Waals surface area contributed by atoms with E-state index in [1.165, 1.54) is 4.90 Å². The van der Waals surface area contributed by atoms with Gasteiger partial charge in [0.15, 0.2) is 0 Å². The number of carbonyl (C=O) groups is 2. The molecule has 2 aromatic rings. The van der Waals surface area contributed by atoms with Gasteiger partial charge < -0.3 is 14.8 Å². The normalized spacial score (nSPS) is 18.9. The molecule has 2 amide bonds. The van der Waals surface area contributed by atoms with Crippen molar-refractivity contribution in [1.29, 1.82) is 0 Å². The van der Waals surface area contributed by atoms with E-state index < -0.39 is 59.8 Å². The number of hydrogen-bond acceptors (Lipinski definition) is 4. The highest BCUT2D eigenvalue weighted by atomic mass is 19.4. The highest BCUT2D eigenvalue weighted by Crippen LogP contribution is 2.36. The average molecular weight is 532 g/mol. The lowest BCUT2D eigenvalue weighted by Crippen LogP contribution is -2.59. The minimum Gasteiger partial charge on any atom is -0.444 e. The first-order valence-corrected chi connectivity index (χ1v) is 11.2. The van der Waals surface area contributed by atoms with Gasteiger partial charge in [-0.2, -0.15) is 26.3 Å². The van der Waals surface area contributed by atoms with Gasteiger partial charge in [-0.3, -0.25) is 9.69 Å². The Morgan fingerprint density at radius 2 is 1.54 bits per heavy atom. The highest BCUT2D eigenvalue weighted by Gasteiger charge is 2.41. The van der Waals surface area contributed by atoms with Crippen molar-refractivity contribution in [3.05, 3.63) is 70.8 Å². The van der Waals surface area contributed by atoms with Crippen LogP contribution in [0.4, 0.5) is 31.1 Å². The van der Waals surface area contributed by atoms with Gasteiger partial charge in [0.1, 0.15) is 12.1 Å². The van der Waals surface area contributed by atoms with E-state index in [1.54, 1.807) is 51.1 Å². The molecule has 1 N–H and O–H groups in total. The number of benzene rings is 2. The van der Waals surface area contributed by atoms with E-state index in [-0.39, 0.29) is 24.8 Å². The van der Waals surface area contributed by atoms with E-state index in [2.05, 4.69) is 5.32 Å². The van der Waals surface area contributed by atoms with Crippen LogP contribution in [0, 0.1) is 0 Å². The Morgan fingerprint density at radius 1 is 0.973 bits per heavy atom. The molecule has 0 aromatic heterocycles. The van der Waals surface area contributed by atoms with Gasteiger partial charge in [0.25, 0.3) is 0 Å². The second kappa shape index (κ2) is 10.6. The Balaban J connectivity index is 1.85. The molecule has 12 heteroatoms. The van der Waals surface area contributed by atoms with E-state index in [0.29, 0.717) is 17.7 Å². The van der Waals surface area contributed by atoms with Gasteiger partial charge in [-0.25, -0.2) is 4.79 Å². The van der Waals surface area contributed by atoms with Crippen LogP contribution in [0.15, 0.2) is 48.5 Å². The van der Waals surface area contributed by atoms with Gasteiger partial charge in [0.05, 0.1) is 36.4 Å². The number of carbonyl (C=O) groups excluding carboxylic acids is 2. The number of rotatable bonds is 5. The summed E-state index contributed by atoms with van der Waals surface area (Å²) in [7, 11) is 0. The van der Waals surface area contributed by atoms with Crippen molar-refractivity contribution in [2.45, 2.75) is 57.4 Å². The van der Waals surface area contributed by atoms with Gasteiger partial charge in [-0.15, -0.1) is 0 Å². The number of amides is 2. The molecule has 0 radical (unpaired) electrons. The molecule has 0 bridgehead atoms. The van der Waals surface area contributed by atoms with Crippen LogP contribution in [0.3, 0.4) is 0 Å². The molecule has 1 fully saturated rings. The number of halogens is 6. The molecule has 0 saturated carbocycles. The zero-order chi connectivity index (χ0) is 27.6. The number of nitrogens with zero attached hydrogens (tertiary/aromatic N) is 1. The summed E-state index contributed by atoms with van der Waals surface area (Å²) in [6, 6.07) is 8.20. The molecule has 0 spiro atoms. The molecule has 37 heavy (non-hydrogen) atoms. The number of hydrogen-bond donors (Lipinski definition) is 1. The van der Waals surface area contributed by atoms with Gasteiger partial charge in [-0.05, 0) is 50.1 Å². The summed E-state index contributed by atoms with van der Waals surface area (Å²) in [5.74, 6) is -0.523. The molecule has 2 atom stereocenters. The van der Waals surface area contributed by atoms with Crippen LogP contribution in [0.25, 0.3) is 0 Å². The molecule has 1 heterocycles. The summed E-state index contributed by atoms with van der Waals surface area (Å²) in [6.45, 7) is 3.79. The molecular formula is C25H26F6N2O4. The fourth-order valence-corrected chi connectivity index (χ4v) is 3.90. The summed E-state index contributed by atoms with van der Waals surface area (Å²) >= 11 is 0. The smallest absolute Gasteiger partial charge is 0.416 e. The molecule has 2 aromatic carbocycles. The van der Waals surface area contributed by atoms with E-state index in [9.17, 15) is 35.9 Å². The lowest BCUT2D eigenvalue weighted by Gasteiger charge is -2.41. The molecule has 1 aliphatic rings. The summed E-state index contributed by atoms with van der Waals surface area (Å²) in [5, 5.41) is 2.70. The molecule has 6 nitrogen and oxygen atoms in total. The summed E-state index contributed by atoms with van der Waals surface area (Å²) in [6.07, 6.45) is -10.7. The summed E-state index contributed by atoms with van der Waals surface area (Å²) in [5.41, 5.74) is -3.47. The largest absolute Gasteiger partial charge is 0.444 e. The van der Waals surface area contributed by atoms with Gasteiger partial charge >= 0.3 is 18.4 Å². The van der Waals surface area contributed by atoms with Crippen LogP contribution in [0.2, 0.25) is 0 Å². The van der Waals surface area contributed by atoms with Crippen molar-refractivity contribution in [3.8, 4) is 0 Å². The predicted octanol–water partition coefficient (Wildman–Crippen LogP) is 5.72. The first kappa shape index (κ1) is 28.3. The Bertz CT molecular complexity index is 1080. The Kier molecular flexibility index (Phi) is 8.11. The van der Waals surface area contributed by atoms with Crippen LogP contribution in [0.5, 0.6) is 0 Å². The van der Waals surface area contributed by atoms with E-state index in [4.69, 9.17) is 9.47 Å². The van der Waals surface area contributed by atoms with Crippen LogP contribution >= 0.6 is 0 Å². The average Bonchev–Trinajstić information content (AvgIpc) is 2.77. The third-order valence-corrected chi connectivity index (χ3v) is 5.36. The van der Waals surface area contributed by atoms with Gasteiger partial charge in [-0.1, -0.05) is 30.3 Å². The van der Waals surface area contributed by atoms with Crippen molar-refractivity contribution < 1.29 is 45.4 Å². The maximum atomic E-state index is 13.2. The fourth-order valence-electron chi connectivity index (χ4n) is 3.90. The standard InChI is InChI=1S/C25H26F6N2O4/c1-23(2,3)37-22(35)33-12-20(34)32-19(21(33)16-7-5-4-6-8-16)14-36-13-15-9-17(24(26,27)28)11-18(10-15)25(29,30)31/h4-11,19,21H,12-14H2,1-3H3,(H,32,34)/t19-,21+/m1/s1. The van der Waals surface area contributed by atoms with Crippen molar-refractivity contribution in [2.75, 3.05) is 13.2 Å². The van der Waals surface area contributed by atoms with Crippen molar-refractivity contribution in [3.63, 3.8) is 0 Å². The van der Waals surface area contributed by atoms with Gasteiger partial charge in [0, 0.05) is 0 Å². The molecule has 0 unspecified atom stereocenters. The SMILES string of the molecule is CC(C)(C)OC(=O)N1CC(=O)N[C@H](COCc2cc(C(F)(F)F)cc(C(F)(F)F)c2)[C@@H]1c1ccccc1. The summed E-state index contributed by atoms with van der Waals surface area (Å²) in [4.78, 5) is 26.5. The highest BCUT2D eigenvalue weighted by molar-refractivity contribution is 5.84. The number of alkyl halides is 6. The molecule has 3 rings (SSSR count). The van der Waals surface area contributed by atoms with Crippen LogP contribution in [-0.2, 0) is 33.2 Å². The molecule has 0 aliphatic carbocycles. The first-order chi connectivity index (χ1) is 17.0. The van der Waals surface area contributed by atoms with Crippen molar-refractivity contribution >= 4 is 12.0 Å². The predicted molar refractivity (Wildman–Crippen MR) is 120 cm³/mol. The summed E-state index contributed by atoms with van der Waals surface area (Å²) < 4.78 is 89.9. The zero-order valence-corrected chi connectivity index (χ0v) is 20.2. The molecule has 1 aliphatic heterocycles. The van der Waals surface area contributed by atoms with E-state index >= 15 is 0 Å². The lowest BCUT2D eigenvalue weighted by atomic mass is 9.96. The van der Waals surface area contributed by atoms with Crippen molar-refractivity contribution in [2.24, 2.45) is 0 Å². The van der Waals surface area contributed by atoms with Crippen molar-refractivity contribution in [1.82, 2.24) is 10.2 Å². The minimum atomic E-state index is -4.99. The Labute approximate surface area is 209 Å². The monoisotopic (exact) mass is 532 g/mol. The Morgan fingerprint density at radius 3 is 2.05 bits per heavy atom. The molecule has 202 valence electrons. The van der Waals surface area contributed by atoms with E-state index in [1.807, 2.05) is 0 Å². The van der Waals surface area contributed by atoms with Gasteiger partial charge in [0.2, 0.25) is 5.91 Å². The van der Waals surface area contributed by atoms with E-state index in [0.717, 1.165) is 0 Å². The second-order valence-corrected chi connectivity index (χ2v) is 9.57.